The molecule has 0 bridgehead atoms. The first kappa shape index (κ1) is 15.6. The molecule has 3 rings (SSSR count). The second-order valence-corrected chi connectivity index (χ2v) is 7.57. The first-order chi connectivity index (χ1) is 11.0. The number of rotatable bonds is 5. The minimum Gasteiger partial charge on any atom is -0.477 e. The van der Waals surface area contributed by atoms with E-state index in [0.29, 0.717) is 18.4 Å². The van der Waals surface area contributed by atoms with Crippen molar-refractivity contribution < 1.29 is 18.3 Å². The quantitative estimate of drug-likeness (QED) is 0.862. The van der Waals surface area contributed by atoms with E-state index in [-0.39, 0.29) is 12.2 Å². The molecule has 0 spiro atoms. The molecule has 120 valence electrons. The molecule has 1 aliphatic carbocycles. The second kappa shape index (κ2) is 6.10. The molecule has 0 amide bonds. The Morgan fingerprint density at radius 1 is 1.17 bits per heavy atom. The van der Waals surface area contributed by atoms with Gasteiger partial charge in [0.25, 0.3) is 0 Å². The lowest BCUT2D eigenvalue weighted by molar-refractivity contribution is 0.0690. The molecule has 6 nitrogen and oxygen atoms in total. The van der Waals surface area contributed by atoms with Crippen LogP contribution < -0.4 is 4.72 Å². The van der Waals surface area contributed by atoms with Crippen LogP contribution in [0.15, 0.2) is 42.6 Å². The second-order valence-electron chi connectivity index (χ2n) is 5.52. The number of carboxylic acid groups (broad SMARTS) is 1. The van der Waals surface area contributed by atoms with Crippen LogP contribution in [0, 0.1) is 0 Å². The Morgan fingerprint density at radius 3 is 2.35 bits per heavy atom. The van der Waals surface area contributed by atoms with Gasteiger partial charge < -0.3 is 5.11 Å². The van der Waals surface area contributed by atoms with Gasteiger partial charge in [0, 0.05) is 12.7 Å². The van der Waals surface area contributed by atoms with Crippen molar-refractivity contribution in [2.75, 3.05) is 0 Å². The maximum absolute atomic E-state index is 12.4. The molecule has 1 aromatic carbocycles. The lowest BCUT2D eigenvalue weighted by atomic mass is 10.1. The van der Waals surface area contributed by atoms with Crippen molar-refractivity contribution in [3.8, 4) is 0 Å². The number of sulfonamides is 1. The molecule has 0 aliphatic heterocycles. The summed E-state index contributed by atoms with van der Waals surface area (Å²) in [5.74, 6) is -1.11. The molecule has 0 atom stereocenters. The number of aromatic carboxylic acids is 1. The molecule has 2 aromatic rings. The van der Waals surface area contributed by atoms with Crippen LogP contribution in [0.25, 0.3) is 0 Å². The predicted octanol–water partition coefficient (Wildman–Crippen LogP) is 1.37. The summed E-state index contributed by atoms with van der Waals surface area (Å²) in [6.45, 7) is 0.0993. The Hall–Kier alpha value is -2.25. The first-order valence-corrected chi connectivity index (χ1v) is 8.74. The molecule has 0 unspecified atom stereocenters. The van der Waals surface area contributed by atoms with E-state index < -0.39 is 21.2 Å². The number of nitrogens with one attached hydrogen (secondary N) is 1. The number of nitrogens with zero attached hydrogens (tertiary/aromatic N) is 1. The summed E-state index contributed by atoms with van der Waals surface area (Å²) in [6, 6.07) is 10.7. The third-order valence-corrected chi connectivity index (χ3v) is 5.73. The van der Waals surface area contributed by atoms with Crippen molar-refractivity contribution in [1.29, 1.82) is 0 Å². The SMILES string of the molecule is O=C(O)c1ccc(CNS(=O)(=O)C2Cc3ccccc3C2)cn1. The van der Waals surface area contributed by atoms with Gasteiger partial charge in [0.2, 0.25) is 10.0 Å². The molecule has 0 fully saturated rings. The number of aromatic nitrogens is 1. The third-order valence-electron chi connectivity index (χ3n) is 3.97. The Balaban J connectivity index is 1.65. The van der Waals surface area contributed by atoms with E-state index in [1.165, 1.54) is 12.3 Å². The number of fused-ring (bicyclic) bond motifs is 1. The van der Waals surface area contributed by atoms with Crippen LogP contribution in [0.1, 0.15) is 27.2 Å². The van der Waals surface area contributed by atoms with E-state index in [1.807, 2.05) is 24.3 Å². The summed E-state index contributed by atoms with van der Waals surface area (Å²) in [4.78, 5) is 14.5. The molecule has 23 heavy (non-hydrogen) atoms. The van der Waals surface area contributed by atoms with E-state index in [4.69, 9.17) is 5.11 Å². The highest BCUT2D eigenvalue weighted by molar-refractivity contribution is 7.90. The molecule has 0 radical (unpaired) electrons. The molecule has 1 heterocycles. The molecule has 1 aliphatic rings. The van der Waals surface area contributed by atoms with E-state index in [0.717, 1.165) is 11.1 Å². The highest BCUT2D eigenvalue weighted by atomic mass is 32.2. The normalized spacial score (nSPS) is 14.6. The summed E-state index contributed by atoms with van der Waals surface area (Å²) >= 11 is 0. The summed E-state index contributed by atoms with van der Waals surface area (Å²) < 4.78 is 27.4. The minimum atomic E-state index is -3.45. The van der Waals surface area contributed by atoms with E-state index in [1.54, 1.807) is 6.07 Å². The average molecular weight is 332 g/mol. The number of benzene rings is 1. The van der Waals surface area contributed by atoms with Gasteiger partial charge in [0.15, 0.2) is 0 Å². The number of carboxylic acids is 1. The van der Waals surface area contributed by atoms with E-state index in [9.17, 15) is 13.2 Å². The minimum absolute atomic E-state index is 0.0668. The monoisotopic (exact) mass is 332 g/mol. The van der Waals surface area contributed by atoms with Gasteiger partial charge >= 0.3 is 5.97 Å². The van der Waals surface area contributed by atoms with Gasteiger partial charge in [-0.25, -0.2) is 22.9 Å². The predicted molar refractivity (Wildman–Crippen MR) is 84.6 cm³/mol. The number of hydrogen-bond acceptors (Lipinski definition) is 4. The van der Waals surface area contributed by atoms with Crippen molar-refractivity contribution in [3.63, 3.8) is 0 Å². The van der Waals surface area contributed by atoms with Crippen molar-refractivity contribution in [1.82, 2.24) is 9.71 Å². The largest absolute Gasteiger partial charge is 0.477 e. The lowest BCUT2D eigenvalue weighted by Crippen LogP contribution is -2.34. The van der Waals surface area contributed by atoms with Crippen molar-refractivity contribution >= 4 is 16.0 Å². The van der Waals surface area contributed by atoms with Gasteiger partial charge in [0.05, 0.1) is 5.25 Å². The fourth-order valence-electron chi connectivity index (χ4n) is 2.70. The highest BCUT2D eigenvalue weighted by Crippen LogP contribution is 2.25. The molecule has 7 heteroatoms. The molecule has 1 aromatic heterocycles. The maximum Gasteiger partial charge on any atom is 0.354 e. The molecule has 0 saturated carbocycles. The van der Waals surface area contributed by atoms with Crippen molar-refractivity contribution in [2.24, 2.45) is 0 Å². The average Bonchev–Trinajstić information content (AvgIpc) is 2.98. The zero-order valence-corrected chi connectivity index (χ0v) is 13.1. The zero-order chi connectivity index (χ0) is 16.4. The number of pyridine rings is 1. The van der Waals surface area contributed by atoms with Crippen LogP contribution in [0.3, 0.4) is 0 Å². The Labute approximate surface area is 134 Å². The molecular weight excluding hydrogens is 316 g/mol. The van der Waals surface area contributed by atoms with E-state index >= 15 is 0 Å². The Bertz CT molecular complexity index is 806. The van der Waals surface area contributed by atoms with Crippen molar-refractivity contribution in [2.45, 2.75) is 24.6 Å². The van der Waals surface area contributed by atoms with Gasteiger partial charge in [0.1, 0.15) is 5.69 Å². The topological polar surface area (TPSA) is 96.4 Å². The Morgan fingerprint density at radius 2 is 1.83 bits per heavy atom. The van der Waals surface area contributed by atoms with Crippen LogP contribution >= 0.6 is 0 Å². The van der Waals surface area contributed by atoms with Gasteiger partial charge in [-0.1, -0.05) is 30.3 Å². The molecule has 2 N–H and O–H groups in total. The first-order valence-electron chi connectivity index (χ1n) is 7.19. The molecule has 0 saturated heterocycles. The fourth-order valence-corrected chi connectivity index (χ4v) is 4.10. The van der Waals surface area contributed by atoms with Gasteiger partial charge in [-0.15, -0.1) is 0 Å². The third kappa shape index (κ3) is 3.40. The summed E-state index contributed by atoms with van der Waals surface area (Å²) in [5.41, 5.74) is 2.71. The molecular formula is C16H16N2O4S. The summed E-state index contributed by atoms with van der Waals surface area (Å²) in [7, 11) is -3.45. The van der Waals surface area contributed by atoms with Crippen LogP contribution in [0.5, 0.6) is 0 Å². The van der Waals surface area contributed by atoms with Crippen LogP contribution in [0.4, 0.5) is 0 Å². The van der Waals surface area contributed by atoms with Crippen LogP contribution in [0.2, 0.25) is 0 Å². The van der Waals surface area contributed by atoms with Gasteiger partial charge in [-0.2, -0.15) is 0 Å². The van der Waals surface area contributed by atoms with E-state index in [2.05, 4.69) is 9.71 Å². The number of hydrogen-bond donors (Lipinski definition) is 2. The standard InChI is InChI=1S/C16H16N2O4S/c19-16(20)15-6-5-11(9-17-15)10-18-23(21,22)14-7-12-3-1-2-4-13(12)8-14/h1-6,9,14,18H,7-8,10H2,(H,19,20). The lowest BCUT2D eigenvalue weighted by Gasteiger charge is -2.12. The van der Waals surface area contributed by atoms with Crippen molar-refractivity contribution in [3.05, 3.63) is 65.0 Å². The van der Waals surface area contributed by atoms with Gasteiger partial charge in [-0.3, -0.25) is 0 Å². The highest BCUT2D eigenvalue weighted by Gasteiger charge is 2.31. The van der Waals surface area contributed by atoms with Gasteiger partial charge in [-0.05, 0) is 35.6 Å². The number of carbonyl (C=O) groups is 1. The summed E-state index contributed by atoms with van der Waals surface area (Å²) in [5, 5.41) is 8.32. The zero-order valence-electron chi connectivity index (χ0n) is 12.3. The Kier molecular flexibility index (Phi) is 4.14. The van der Waals surface area contributed by atoms with Crippen LogP contribution in [-0.4, -0.2) is 29.7 Å². The summed E-state index contributed by atoms with van der Waals surface area (Å²) in [6.07, 6.45) is 2.40. The van der Waals surface area contributed by atoms with Crippen LogP contribution in [-0.2, 0) is 29.4 Å². The smallest absolute Gasteiger partial charge is 0.354 e. The maximum atomic E-state index is 12.4. The fraction of sp³-hybridized carbons (Fsp3) is 0.250.